The van der Waals surface area contributed by atoms with Crippen LogP contribution in [0.5, 0.6) is 0 Å². The SMILES string of the molecule is COC(=O)c1ccc(C(C)Nc2c(Br)cc(Br)cc2Br)o1. The van der Waals surface area contributed by atoms with Gasteiger partial charge in [0.2, 0.25) is 5.76 Å². The van der Waals surface area contributed by atoms with Crippen LogP contribution >= 0.6 is 47.8 Å². The Bertz CT molecular complexity index is 646. The van der Waals surface area contributed by atoms with Gasteiger partial charge in [0.25, 0.3) is 0 Å². The van der Waals surface area contributed by atoms with Gasteiger partial charge in [-0.25, -0.2) is 4.79 Å². The van der Waals surface area contributed by atoms with Gasteiger partial charge in [0.15, 0.2) is 0 Å². The van der Waals surface area contributed by atoms with E-state index in [4.69, 9.17) is 4.42 Å². The number of esters is 1. The van der Waals surface area contributed by atoms with Gasteiger partial charge in [0.05, 0.1) is 18.8 Å². The summed E-state index contributed by atoms with van der Waals surface area (Å²) in [5.41, 5.74) is 0.904. The van der Waals surface area contributed by atoms with E-state index in [2.05, 4.69) is 57.8 Å². The van der Waals surface area contributed by atoms with E-state index in [-0.39, 0.29) is 11.8 Å². The molecule has 0 bridgehead atoms. The predicted molar refractivity (Wildman–Crippen MR) is 91.6 cm³/mol. The first-order valence-electron chi connectivity index (χ1n) is 6.01. The van der Waals surface area contributed by atoms with Crippen molar-refractivity contribution in [3.05, 3.63) is 49.2 Å². The van der Waals surface area contributed by atoms with E-state index in [1.54, 1.807) is 12.1 Å². The molecule has 21 heavy (non-hydrogen) atoms. The Morgan fingerprint density at radius 1 is 1.24 bits per heavy atom. The maximum absolute atomic E-state index is 11.4. The van der Waals surface area contributed by atoms with Crippen LogP contribution in [0.25, 0.3) is 0 Å². The average Bonchev–Trinajstić information content (AvgIpc) is 2.91. The van der Waals surface area contributed by atoms with Crippen molar-refractivity contribution in [2.45, 2.75) is 13.0 Å². The van der Waals surface area contributed by atoms with Crippen molar-refractivity contribution in [3.8, 4) is 0 Å². The molecule has 2 rings (SSSR count). The number of halogens is 3. The third-order valence-electron chi connectivity index (χ3n) is 2.81. The summed E-state index contributed by atoms with van der Waals surface area (Å²) in [6.07, 6.45) is 0. The molecule has 112 valence electrons. The lowest BCUT2D eigenvalue weighted by Gasteiger charge is -2.16. The van der Waals surface area contributed by atoms with E-state index in [0.717, 1.165) is 19.1 Å². The molecule has 1 atom stereocenters. The molecule has 1 unspecified atom stereocenters. The molecule has 0 saturated carbocycles. The first-order valence-corrected chi connectivity index (χ1v) is 8.39. The third kappa shape index (κ3) is 3.90. The summed E-state index contributed by atoms with van der Waals surface area (Å²) in [6.45, 7) is 1.95. The quantitative estimate of drug-likeness (QED) is 0.584. The summed E-state index contributed by atoms with van der Waals surface area (Å²) in [6, 6.07) is 7.14. The maximum Gasteiger partial charge on any atom is 0.373 e. The summed E-state index contributed by atoms with van der Waals surface area (Å²) >= 11 is 10.5. The van der Waals surface area contributed by atoms with Crippen molar-refractivity contribution in [2.75, 3.05) is 12.4 Å². The fourth-order valence-corrected chi connectivity index (χ4v) is 4.25. The highest BCUT2D eigenvalue weighted by Crippen LogP contribution is 2.36. The molecule has 0 saturated heterocycles. The Balaban J connectivity index is 2.20. The van der Waals surface area contributed by atoms with Crippen LogP contribution in [0.2, 0.25) is 0 Å². The number of hydrogen-bond donors (Lipinski definition) is 1. The van der Waals surface area contributed by atoms with Crippen molar-refractivity contribution in [1.29, 1.82) is 0 Å². The van der Waals surface area contributed by atoms with Gasteiger partial charge >= 0.3 is 5.97 Å². The number of carbonyl (C=O) groups is 1. The van der Waals surface area contributed by atoms with Crippen LogP contribution in [0.1, 0.15) is 29.3 Å². The number of ether oxygens (including phenoxy) is 1. The van der Waals surface area contributed by atoms with Crippen molar-refractivity contribution >= 4 is 59.4 Å². The Morgan fingerprint density at radius 2 is 1.86 bits per heavy atom. The van der Waals surface area contributed by atoms with E-state index in [1.165, 1.54) is 7.11 Å². The average molecular weight is 482 g/mol. The summed E-state index contributed by atoms with van der Waals surface area (Å²) in [7, 11) is 1.32. The largest absolute Gasteiger partial charge is 0.463 e. The zero-order chi connectivity index (χ0) is 15.6. The van der Waals surface area contributed by atoms with E-state index in [1.807, 2.05) is 19.1 Å². The molecule has 0 aliphatic heterocycles. The summed E-state index contributed by atoms with van der Waals surface area (Å²) < 4.78 is 12.9. The standard InChI is InChI=1S/C14H12Br3NO3/c1-7(11-3-4-12(21-11)14(19)20-2)18-13-9(16)5-8(15)6-10(13)17/h3-7,18H,1-2H3. The minimum atomic E-state index is -0.487. The molecule has 2 aromatic rings. The number of benzene rings is 1. The van der Waals surface area contributed by atoms with Crippen LogP contribution in [0.15, 0.2) is 42.1 Å². The maximum atomic E-state index is 11.4. The number of carbonyl (C=O) groups excluding carboxylic acids is 1. The highest BCUT2D eigenvalue weighted by atomic mass is 79.9. The van der Waals surface area contributed by atoms with Crippen molar-refractivity contribution in [1.82, 2.24) is 0 Å². The molecule has 0 fully saturated rings. The molecule has 0 aliphatic carbocycles. The number of furan rings is 1. The fraction of sp³-hybridized carbons (Fsp3) is 0.214. The predicted octanol–water partition coefficient (Wildman–Crippen LogP) is 5.53. The number of anilines is 1. The van der Waals surface area contributed by atoms with E-state index >= 15 is 0 Å². The number of rotatable bonds is 4. The Hall–Kier alpha value is -0.790. The highest BCUT2D eigenvalue weighted by Gasteiger charge is 2.17. The number of nitrogens with one attached hydrogen (secondary N) is 1. The van der Waals surface area contributed by atoms with E-state index in [9.17, 15) is 4.79 Å². The highest BCUT2D eigenvalue weighted by molar-refractivity contribution is 9.11. The molecule has 0 amide bonds. The van der Waals surface area contributed by atoms with Crippen molar-refractivity contribution < 1.29 is 13.9 Å². The van der Waals surface area contributed by atoms with E-state index < -0.39 is 5.97 Å². The Labute approximate surface area is 147 Å². The lowest BCUT2D eigenvalue weighted by atomic mass is 10.2. The second kappa shape index (κ2) is 6.98. The molecule has 4 nitrogen and oxygen atoms in total. The Kier molecular flexibility index (Phi) is 5.51. The van der Waals surface area contributed by atoms with Crippen LogP contribution in [-0.2, 0) is 4.74 Å². The van der Waals surface area contributed by atoms with Crippen LogP contribution < -0.4 is 5.32 Å². The molecule has 0 aliphatic rings. The second-order valence-electron chi connectivity index (χ2n) is 4.30. The van der Waals surface area contributed by atoms with E-state index in [0.29, 0.717) is 5.76 Å². The Morgan fingerprint density at radius 3 is 2.43 bits per heavy atom. The van der Waals surface area contributed by atoms with Crippen molar-refractivity contribution in [3.63, 3.8) is 0 Å². The van der Waals surface area contributed by atoms with Gasteiger partial charge in [-0.15, -0.1) is 0 Å². The number of hydrogen-bond acceptors (Lipinski definition) is 4. The van der Waals surface area contributed by atoms with Crippen LogP contribution in [0.3, 0.4) is 0 Å². The summed E-state index contributed by atoms with van der Waals surface area (Å²) in [4.78, 5) is 11.4. The molecule has 0 spiro atoms. The monoisotopic (exact) mass is 479 g/mol. The lowest BCUT2D eigenvalue weighted by molar-refractivity contribution is 0.0562. The topological polar surface area (TPSA) is 51.5 Å². The zero-order valence-electron chi connectivity index (χ0n) is 11.2. The summed E-state index contributed by atoms with van der Waals surface area (Å²) in [5.74, 6) is 0.353. The molecular formula is C14H12Br3NO3. The zero-order valence-corrected chi connectivity index (χ0v) is 16.0. The molecule has 1 N–H and O–H groups in total. The van der Waals surface area contributed by atoms with Crippen LogP contribution in [0.4, 0.5) is 5.69 Å². The lowest BCUT2D eigenvalue weighted by Crippen LogP contribution is -2.07. The molecular weight excluding hydrogens is 470 g/mol. The number of methoxy groups -OCH3 is 1. The van der Waals surface area contributed by atoms with Gasteiger partial charge in [-0.05, 0) is 63.0 Å². The van der Waals surface area contributed by atoms with Gasteiger partial charge in [0, 0.05) is 13.4 Å². The minimum absolute atomic E-state index is 0.114. The first-order chi connectivity index (χ1) is 9.92. The summed E-state index contributed by atoms with van der Waals surface area (Å²) in [5, 5.41) is 3.33. The minimum Gasteiger partial charge on any atom is -0.463 e. The van der Waals surface area contributed by atoms with Gasteiger partial charge < -0.3 is 14.5 Å². The molecule has 1 heterocycles. The third-order valence-corrected chi connectivity index (χ3v) is 4.52. The second-order valence-corrected chi connectivity index (χ2v) is 6.93. The first kappa shape index (κ1) is 16.6. The van der Waals surface area contributed by atoms with Gasteiger partial charge in [0.1, 0.15) is 5.76 Å². The molecule has 0 radical (unpaired) electrons. The molecule has 1 aromatic carbocycles. The van der Waals surface area contributed by atoms with Crippen molar-refractivity contribution in [2.24, 2.45) is 0 Å². The molecule has 7 heteroatoms. The van der Waals surface area contributed by atoms with Crippen LogP contribution in [-0.4, -0.2) is 13.1 Å². The van der Waals surface area contributed by atoms with Crippen LogP contribution in [0, 0.1) is 0 Å². The molecule has 1 aromatic heterocycles. The van der Waals surface area contributed by atoms with Gasteiger partial charge in [-0.3, -0.25) is 0 Å². The smallest absolute Gasteiger partial charge is 0.373 e. The normalized spacial score (nSPS) is 12.0. The fourth-order valence-electron chi connectivity index (χ4n) is 1.76. The van der Waals surface area contributed by atoms with Gasteiger partial charge in [-0.1, -0.05) is 15.9 Å². The van der Waals surface area contributed by atoms with Gasteiger partial charge in [-0.2, -0.15) is 0 Å².